The van der Waals surface area contributed by atoms with Gasteiger partial charge in [0.25, 0.3) is 0 Å². The van der Waals surface area contributed by atoms with E-state index in [0.717, 1.165) is 11.1 Å². The number of nitrogens with zero attached hydrogens (tertiary/aromatic N) is 1. The number of carbonyl (C=O) groups is 1. The van der Waals surface area contributed by atoms with E-state index in [1.165, 1.54) is 6.92 Å². The number of aryl methyl sites for hydroxylation is 1. The monoisotopic (exact) mass is 189 g/mol. The van der Waals surface area contributed by atoms with Crippen molar-refractivity contribution >= 4 is 5.97 Å². The molecule has 0 heterocycles. The van der Waals surface area contributed by atoms with Crippen LogP contribution in [0.2, 0.25) is 0 Å². The van der Waals surface area contributed by atoms with Gasteiger partial charge in [0.05, 0.1) is 5.56 Å². The van der Waals surface area contributed by atoms with Crippen molar-refractivity contribution in [2.24, 2.45) is 0 Å². The van der Waals surface area contributed by atoms with Gasteiger partial charge in [-0.2, -0.15) is 5.26 Å². The second-order valence-corrected chi connectivity index (χ2v) is 3.09. The molecule has 0 atom stereocenters. The third kappa shape index (κ3) is 1.91. The van der Waals surface area contributed by atoms with Gasteiger partial charge in [0.1, 0.15) is 11.8 Å². The number of esters is 1. The van der Waals surface area contributed by atoms with Gasteiger partial charge in [-0.25, -0.2) is 0 Å². The third-order valence-corrected chi connectivity index (χ3v) is 2.06. The molecule has 3 heteroatoms. The van der Waals surface area contributed by atoms with Gasteiger partial charge in [-0.3, -0.25) is 4.79 Å². The third-order valence-electron chi connectivity index (χ3n) is 2.06. The molecular formula is C11H11NO2. The number of nitriles is 1. The molecule has 0 radical (unpaired) electrons. The summed E-state index contributed by atoms with van der Waals surface area (Å²) in [6.07, 6.45) is 0. The molecule has 0 amide bonds. The minimum Gasteiger partial charge on any atom is -0.425 e. The normalized spacial score (nSPS) is 9.29. The average Bonchev–Trinajstić information content (AvgIpc) is 2.11. The molecule has 72 valence electrons. The first kappa shape index (κ1) is 10.3. The van der Waals surface area contributed by atoms with Crippen molar-refractivity contribution in [2.75, 3.05) is 0 Å². The van der Waals surface area contributed by atoms with E-state index < -0.39 is 5.97 Å². The summed E-state index contributed by atoms with van der Waals surface area (Å²) >= 11 is 0. The topological polar surface area (TPSA) is 50.1 Å². The highest BCUT2D eigenvalue weighted by Gasteiger charge is 2.09. The van der Waals surface area contributed by atoms with Crippen LogP contribution in [-0.2, 0) is 4.79 Å². The molecule has 0 aromatic heterocycles. The second kappa shape index (κ2) is 3.93. The van der Waals surface area contributed by atoms with Gasteiger partial charge >= 0.3 is 5.97 Å². The van der Waals surface area contributed by atoms with Crippen molar-refractivity contribution in [3.63, 3.8) is 0 Å². The van der Waals surface area contributed by atoms with E-state index >= 15 is 0 Å². The Hall–Kier alpha value is -1.82. The summed E-state index contributed by atoms with van der Waals surface area (Å²) in [6, 6.07) is 5.50. The highest BCUT2D eigenvalue weighted by atomic mass is 16.5. The predicted octanol–water partition coefficient (Wildman–Crippen LogP) is 2.10. The quantitative estimate of drug-likeness (QED) is 0.502. The fraction of sp³-hybridized carbons (Fsp3) is 0.273. The van der Waals surface area contributed by atoms with Gasteiger partial charge in [0.2, 0.25) is 0 Å². The van der Waals surface area contributed by atoms with Crippen molar-refractivity contribution in [2.45, 2.75) is 20.8 Å². The smallest absolute Gasteiger partial charge is 0.308 e. The highest BCUT2D eigenvalue weighted by Crippen LogP contribution is 2.23. The minimum atomic E-state index is -0.412. The summed E-state index contributed by atoms with van der Waals surface area (Å²) in [7, 11) is 0. The van der Waals surface area contributed by atoms with Crippen molar-refractivity contribution in [1.29, 1.82) is 5.26 Å². The van der Waals surface area contributed by atoms with Gasteiger partial charge in [-0.05, 0) is 31.0 Å². The van der Waals surface area contributed by atoms with Crippen LogP contribution in [0.1, 0.15) is 23.6 Å². The molecule has 0 aliphatic heterocycles. The van der Waals surface area contributed by atoms with Crippen molar-refractivity contribution in [1.82, 2.24) is 0 Å². The van der Waals surface area contributed by atoms with Crippen LogP contribution in [0.25, 0.3) is 0 Å². The number of hydrogen-bond donors (Lipinski definition) is 0. The van der Waals surface area contributed by atoms with Gasteiger partial charge in [0, 0.05) is 6.92 Å². The predicted molar refractivity (Wildman–Crippen MR) is 51.9 cm³/mol. The molecule has 0 N–H and O–H groups in total. The molecular weight excluding hydrogens is 178 g/mol. The molecule has 14 heavy (non-hydrogen) atoms. The fourth-order valence-corrected chi connectivity index (χ4v) is 1.17. The molecule has 0 aliphatic rings. The van der Waals surface area contributed by atoms with Crippen LogP contribution < -0.4 is 4.74 Å². The second-order valence-electron chi connectivity index (χ2n) is 3.09. The first-order valence-corrected chi connectivity index (χ1v) is 4.25. The van der Waals surface area contributed by atoms with E-state index in [4.69, 9.17) is 10.00 Å². The van der Waals surface area contributed by atoms with E-state index in [2.05, 4.69) is 0 Å². The van der Waals surface area contributed by atoms with Crippen LogP contribution in [0.3, 0.4) is 0 Å². The summed E-state index contributed by atoms with van der Waals surface area (Å²) in [6.45, 7) is 5.06. The molecule has 0 unspecified atom stereocenters. The SMILES string of the molecule is CC(=O)Oc1ccc(C)c(C)c1C#N. The van der Waals surface area contributed by atoms with E-state index in [0.29, 0.717) is 11.3 Å². The van der Waals surface area contributed by atoms with E-state index in [1.54, 1.807) is 6.07 Å². The maximum Gasteiger partial charge on any atom is 0.308 e. The van der Waals surface area contributed by atoms with Crippen molar-refractivity contribution < 1.29 is 9.53 Å². The fourth-order valence-electron chi connectivity index (χ4n) is 1.17. The summed E-state index contributed by atoms with van der Waals surface area (Å²) in [5, 5.41) is 8.90. The summed E-state index contributed by atoms with van der Waals surface area (Å²) < 4.78 is 4.91. The molecule has 0 saturated heterocycles. The zero-order valence-corrected chi connectivity index (χ0v) is 8.42. The Morgan fingerprint density at radius 1 is 1.43 bits per heavy atom. The van der Waals surface area contributed by atoms with Crippen LogP contribution in [0, 0.1) is 25.2 Å². The van der Waals surface area contributed by atoms with Crippen LogP contribution in [-0.4, -0.2) is 5.97 Å². The van der Waals surface area contributed by atoms with Crippen LogP contribution in [0.5, 0.6) is 5.75 Å². The minimum absolute atomic E-state index is 0.336. The summed E-state index contributed by atoms with van der Waals surface area (Å²) in [5.74, 6) is -0.0761. The summed E-state index contributed by atoms with van der Waals surface area (Å²) in [4.78, 5) is 10.7. The lowest BCUT2D eigenvalue weighted by atomic mass is 10.0. The van der Waals surface area contributed by atoms with Gasteiger partial charge in [-0.15, -0.1) is 0 Å². The molecule has 0 fully saturated rings. The zero-order chi connectivity index (χ0) is 10.7. The Morgan fingerprint density at radius 3 is 2.57 bits per heavy atom. The van der Waals surface area contributed by atoms with Crippen LogP contribution in [0.4, 0.5) is 0 Å². The van der Waals surface area contributed by atoms with Crippen LogP contribution in [0.15, 0.2) is 12.1 Å². The molecule has 0 spiro atoms. The lowest BCUT2D eigenvalue weighted by Gasteiger charge is -2.07. The average molecular weight is 189 g/mol. The van der Waals surface area contributed by atoms with E-state index in [-0.39, 0.29) is 0 Å². The van der Waals surface area contributed by atoms with E-state index in [9.17, 15) is 4.79 Å². The Balaban J connectivity index is 3.26. The molecule has 1 rings (SSSR count). The zero-order valence-electron chi connectivity index (χ0n) is 8.42. The molecule has 0 bridgehead atoms. The Morgan fingerprint density at radius 2 is 2.07 bits per heavy atom. The number of hydrogen-bond acceptors (Lipinski definition) is 3. The van der Waals surface area contributed by atoms with Crippen molar-refractivity contribution in [3.05, 3.63) is 28.8 Å². The molecule has 3 nitrogen and oxygen atoms in total. The maximum absolute atomic E-state index is 10.7. The standard InChI is InChI=1S/C11H11NO2/c1-7-4-5-11(14-9(3)13)10(6-12)8(7)2/h4-5H,1-3H3. The number of rotatable bonds is 1. The van der Waals surface area contributed by atoms with Gasteiger partial charge in [0.15, 0.2) is 0 Å². The van der Waals surface area contributed by atoms with Gasteiger partial charge < -0.3 is 4.74 Å². The highest BCUT2D eigenvalue weighted by molar-refractivity contribution is 5.71. The number of carbonyl (C=O) groups excluding carboxylic acids is 1. The lowest BCUT2D eigenvalue weighted by Crippen LogP contribution is -2.04. The molecule has 1 aromatic rings. The van der Waals surface area contributed by atoms with Crippen molar-refractivity contribution in [3.8, 4) is 11.8 Å². The van der Waals surface area contributed by atoms with Crippen LogP contribution >= 0.6 is 0 Å². The Bertz CT molecular complexity index is 416. The van der Waals surface area contributed by atoms with Gasteiger partial charge in [-0.1, -0.05) is 6.07 Å². The Kier molecular flexibility index (Phi) is 2.88. The molecule has 0 saturated carbocycles. The number of ether oxygens (including phenoxy) is 1. The van der Waals surface area contributed by atoms with E-state index in [1.807, 2.05) is 26.0 Å². The Labute approximate surface area is 82.9 Å². The first-order valence-electron chi connectivity index (χ1n) is 4.25. The number of benzene rings is 1. The molecule has 0 aliphatic carbocycles. The first-order chi connectivity index (χ1) is 6.56. The maximum atomic E-state index is 10.7. The largest absolute Gasteiger partial charge is 0.425 e. The lowest BCUT2D eigenvalue weighted by molar-refractivity contribution is -0.131. The molecule has 1 aromatic carbocycles. The summed E-state index contributed by atoms with van der Waals surface area (Å²) in [5.41, 5.74) is 2.30.